The summed E-state index contributed by atoms with van der Waals surface area (Å²) >= 11 is 0. The summed E-state index contributed by atoms with van der Waals surface area (Å²) in [6.07, 6.45) is 1.23. The van der Waals surface area contributed by atoms with Crippen molar-refractivity contribution in [2.24, 2.45) is 16.8 Å². The second-order valence-electron chi connectivity index (χ2n) is 3.78. The number of nitrogens with one attached hydrogen (secondary N) is 1. The van der Waals surface area contributed by atoms with Gasteiger partial charge in [0.25, 0.3) is 0 Å². The average molecular weight is 184 g/mol. The van der Waals surface area contributed by atoms with Crippen molar-refractivity contribution in [3.8, 4) is 0 Å². The molecule has 1 heterocycles. The molecule has 0 saturated carbocycles. The summed E-state index contributed by atoms with van der Waals surface area (Å²) in [4.78, 5) is 6.56. The standard InChI is InChI=1S/C9H20N4/c1-4-11-9(12-10)13-6-7(2)5-8(13)3/h7-8H,4-6,10H2,1-3H3,(H,11,12). The highest BCUT2D eigenvalue weighted by atomic mass is 15.4. The van der Waals surface area contributed by atoms with E-state index in [1.165, 1.54) is 6.42 Å². The number of nitrogens with zero attached hydrogens (tertiary/aromatic N) is 2. The first kappa shape index (κ1) is 10.3. The summed E-state index contributed by atoms with van der Waals surface area (Å²) in [5.74, 6) is 7.00. The van der Waals surface area contributed by atoms with E-state index in [1.54, 1.807) is 0 Å². The van der Waals surface area contributed by atoms with E-state index in [1.807, 2.05) is 6.92 Å². The lowest BCUT2D eigenvalue weighted by molar-refractivity contribution is 0.395. The number of aliphatic imine (C=N–C) groups is 1. The predicted octanol–water partition coefficient (Wildman–Crippen LogP) is 0.556. The second-order valence-corrected chi connectivity index (χ2v) is 3.78. The molecule has 4 nitrogen and oxygen atoms in total. The third-order valence-electron chi connectivity index (χ3n) is 2.49. The smallest absolute Gasteiger partial charge is 0.208 e. The fourth-order valence-corrected chi connectivity index (χ4v) is 1.96. The number of nitrogens with two attached hydrogens (primary N) is 1. The first-order valence-electron chi connectivity index (χ1n) is 4.96. The monoisotopic (exact) mass is 184 g/mol. The van der Waals surface area contributed by atoms with Crippen molar-refractivity contribution >= 4 is 5.96 Å². The molecule has 76 valence electrons. The van der Waals surface area contributed by atoms with Crippen LogP contribution in [0.4, 0.5) is 0 Å². The Bertz CT molecular complexity index is 190. The lowest BCUT2D eigenvalue weighted by atomic mass is 10.1. The van der Waals surface area contributed by atoms with Gasteiger partial charge in [-0.05, 0) is 26.2 Å². The molecule has 2 atom stereocenters. The molecule has 0 spiro atoms. The van der Waals surface area contributed by atoms with Crippen LogP contribution in [0.5, 0.6) is 0 Å². The minimum atomic E-state index is 0.552. The average Bonchev–Trinajstić information content (AvgIpc) is 2.41. The fraction of sp³-hybridized carbons (Fsp3) is 0.889. The molecular formula is C9H20N4. The van der Waals surface area contributed by atoms with Gasteiger partial charge >= 0.3 is 0 Å². The molecule has 1 aliphatic rings. The van der Waals surface area contributed by atoms with E-state index in [9.17, 15) is 0 Å². The zero-order chi connectivity index (χ0) is 9.84. The van der Waals surface area contributed by atoms with Gasteiger partial charge in [-0.3, -0.25) is 10.4 Å². The largest absolute Gasteiger partial charge is 0.339 e. The quantitative estimate of drug-likeness (QED) is 0.271. The van der Waals surface area contributed by atoms with E-state index in [0.717, 1.165) is 25.0 Å². The van der Waals surface area contributed by atoms with Gasteiger partial charge in [-0.25, -0.2) is 5.84 Å². The molecule has 1 aliphatic heterocycles. The number of hydrogen-bond donors (Lipinski definition) is 2. The number of likely N-dealkylation sites (tertiary alicyclic amines) is 1. The molecular weight excluding hydrogens is 164 g/mol. The molecule has 0 bridgehead atoms. The number of hydrogen-bond acceptors (Lipinski definition) is 2. The van der Waals surface area contributed by atoms with E-state index in [-0.39, 0.29) is 0 Å². The zero-order valence-electron chi connectivity index (χ0n) is 8.75. The predicted molar refractivity (Wildman–Crippen MR) is 55.2 cm³/mol. The Morgan fingerprint density at radius 3 is 2.69 bits per heavy atom. The molecule has 1 fully saturated rings. The lowest BCUT2D eigenvalue weighted by Crippen LogP contribution is -2.46. The summed E-state index contributed by atoms with van der Waals surface area (Å²) in [6.45, 7) is 8.32. The van der Waals surface area contributed by atoms with E-state index >= 15 is 0 Å². The van der Waals surface area contributed by atoms with Crippen LogP contribution >= 0.6 is 0 Å². The molecule has 0 aliphatic carbocycles. The van der Waals surface area contributed by atoms with E-state index in [2.05, 4.69) is 29.2 Å². The Morgan fingerprint density at radius 2 is 2.31 bits per heavy atom. The minimum Gasteiger partial charge on any atom is -0.339 e. The highest BCUT2D eigenvalue weighted by Gasteiger charge is 2.27. The third kappa shape index (κ3) is 2.34. The van der Waals surface area contributed by atoms with Crippen molar-refractivity contribution in [2.45, 2.75) is 33.2 Å². The van der Waals surface area contributed by atoms with Crippen LogP contribution in [-0.4, -0.2) is 30.0 Å². The topological polar surface area (TPSA) is 53.6 Å². The molecule has 13 heavy (non-hydrogen) atoms. The number of rotatable bonds is 1. The minimum absolute atomic E-state index is 0.552. The van der Waals surface area contributed by atoms with Crippen LogP contribution in [0.1, 0.15) is 27.2 Å². The maximum Gasteiger partial charge on any atom is 0.208 e. The van der Waals surface area contributed by atoms with Crippen LogP contribution in [0.25, 0.3) is 0 Å². The van der Waals surface area contributed by atoms with Gasteiger partial charge in [0, 0.05) is 19.1 Å². The Morgan fingerprint density at radius 1 is 1.62 bits per heavy atom. The van der Waals surface area contributed by atoms with Crippen molar-refractivity contribution in [3.63, 3.8) is 0 Å². The third-order valence-corrected chi connectivity index (χ3v) is 2.49. The van der Waals surface area contributed by atoms with Crippen molar-refractivity contribution in [1.82, 2.24) is 10.3 Å². The van der Waals surface area contributed by atoms with Crippen LogP contribution in [0.15, 0.2) is 4.99 Å². The summed E-state index contributed by atoms with van der Waals surface area (Å²) < 4.78 is 0. The Hall–Kier alpha value is -0.770. The molecule has 0 aromatic heterocycles. The Kier molecular flexibility index (Phi) is 3.54. The highest BCUT2D eigenvalue weighted by molar-refractivity contribution is 5.80. The molecule has 4 heteroatoms. The van der Waals surface area contributed by atoms with E-state index < -0.39 is 0 Å². The van der Waals surface area contributed by atoms with Crippen LogP contribution < -0.4 is 11.3 Å². The SMILES string of the molecule is CCN=C(NN)N1CC(C)CC1C. The summed E-state index contributed by atoms with van der Waals surface area (Å²) in [5, 5.41) is 0. The number of guanidine groups is 1. The fourth-order valence-electron chi connectivity index (χ4n) is 1.96. The summed E-state index contributed by atoms with van der Waals surface area (Å²) in [7, 11) is 0. The van der Waals surface area contributed by atoms with Gasteiger partial charge in [0.2, 0.25) is 5.96 Å². The van der Waals surface area contributed by atoms with Gasteiger partial charge in [-0.1, -0.05) is 6.92 Å². The Labute approximate surface area is 80.2 Å². The Balaban J connectivity index is 2.64. The van der Waals surface area contributed by atoms with E-state index in [0.29, 0.717) is 6.04 Å². The molecule has 0 aromatic rings. The van der Waals surface area contributed by atoms with Gasteiger partial charge in [-0.2, -0.15) is 0 Å². The van der Waals surface area contributed by atoms with E-state index in [4.69, 9.17) is 5.84 Å². The van der Waals surface area contributed by atoms with Crippen LogP contribution in [0, 0.1) is 5.92 Å². The van der Waals surface area contributed by atoms with Crippen LogP contribution in [-0.2, 0) is 0 Å². The number of hydrazine groups is 1. The van der Waals surface area contributed by atoms with Crippen molar-refractivity contribution in [1.29, 1.82) is 0 Å². The molecule has 3 N–H and O–H groups in total. The molecule has 0 amide bonds. The maximum atomic E-state index is 5.42. The summed E-state index contributed by atoms with van der Waals surface area (Å²) in [5.41, 5.74) is 2.67. The van der Waals surface area contributed by atoms with Gasteiger partial charge in [0.15, 0.2) is 0 Å². The van der Waals surface area contributed by atoms with Crippen LogP contribution in [0.2, 0.25) is 0 Å². The molecule has 1 rings (SSSR count). The van der Waals surface area contributed by atoms with Gasteiger partial charge < -0.3 is 4.90 Å². The lowest BCUT2D eigenvalue weighted by Gasteiger charge is -2.24. The van der Waals surface area contributed by atoms with Crippen molar-refractivity contribution in [2.75, 3.05) is 13.1 Å². The first-order valence-corrected chi connectivity index (χ1v) is 4.96. The van der Waals surface area contributed by atoms with Gasteiger partial charge in [0.05, 0.1) is 0 Å². The molecule has 1 saturated heterocycles. The van der Waals surface area contributed by atoms with Crippen molar-refractivity contribution < 1.29 is 0 Å². The van der Waals surface area contributed by atoms with Crippen LogP contribution in [0.3, 0.4) is 0 Å². The molecule has 0 aromatic carbocycles. The molecule has 2 unspecified atom stereocenters. The molecule has 0 radical (unpaired) electrons. The van der Waals surface area contributed by atoms with Gasteiger partial charge in [-0.15, -0.1) is 0 Å². The normalized spacial score (nSPS) is 29.5. The second kappa shape index (κ2) is 4.46. The van der Waals surface area contributed by atoms with Gasteiger partial charge in [0.1, 0.15) is 0 Å². The first-order chi connectivity index (χ1) is 6.19. The zero-order valence-corrected chi connectivity index (χ0v) is 8.75. The maximum absolute atomic E-state index is 5.42. The highest BCUT2D eigenvalue weighted by Crippen LogP contribution is 2.21. The summed E-state index contributed by atoms with van der Waals surface area (Å²) in [6, 6.07) is 0.552. The van der Waals surface area contributed by atoms with Crippen molar-refractivity contribution in [3.05, 3.63) is 0 Å².